The molecule has 4 heteroatoms. The maximum Gasteiger partial charge on any atom is 0.144 e. The van der Waals surface area contributed by atoms with Crippen LogP contribution in [-0.4, -0.2) is 4.98 Å². The second kappa shape index (κ2) is 4.98. The molecule has 1 aromatic carbocycles. The van der Waals surface area contributed by atoms with Crippen LogP contribution in [0.25, 0.3) is 0 Å². The number of pyridine rings is 1. The number of aromatic nitrogens is 1. The quantitative estimate of drug-likeness (QED) is 0.915. The van der Waals surface area contributed by atoms with Crippen LogP contribution in [0.5, 0.6) is 0 Å². The van der Waals surface area contributed by atoms with Gasteiger partial charge >= 0.3 is 0 Å². The molecule has 1 N–H and O–H groups in total. The Morgan fingerprint density at radius 2 is 1.94 bits per heavy atom. The minimum absolute atomic E-state index is 0.645. The molecule has 0 radical (unpaired) electrons. The number of halogens is 1. The van der Waals surface area contributed by atoms with Crippen LogP contribution < -0.4 is 5.32 Å². The molecule has 0 bridgehead atoms. The van der Waals surface area contributed by atoms with Crippen molar-refractivity contribution in [1.29, 1.82) is 5.26 Å². The van der Waals surface area contributed by atoms with Gasteiger partial charge in [-0.25, -0.2) is 4.98 Å². The Hall–Kier alpha value is -1.86. The van der Waals surface area contributed by atoms with E-state index >= 15 is 0 Å². The first-order chi connectivity index (χ1) is 8.20. The lowest BCUT2D eigenvalue weighted by atomic mass is 10.2. The lowest BCUT2D eigenvalue weighted by molar-refractivity contribution is 1.25. The van der Waals surface area contributed by atoms with Crippen LogP contribution in [0.3, 0.4) is 0 Å². The summed E-state index contributed by atoms with van der Waals surface area (Å²) in [5, 5.41) is 11.9. The smallest absolute Gasteiger partial charge is 0.144 e. The number of rotatable bonds is 2. The zero-order valence-electron chi connectivity index (χ0n) is 9.24. The standard InChI is InChI=1S/C13H10BrN3/c1-9-6-7-16-13(12(9)14)17-11-4-2-10(8-15)3-5-11/h2-7H,1H3,(H,16,17). The minimum atomic E-state index is 0.645. The molecule has 2 rings (SSSR count). The van der Waals surface area contributed by atoms with Crippen molar-refractivity contribution in [1.82, 2.24) is 4.98 Å². The van der Waals surface area contributed by atoms with E-state index in [1.807, 2.05) is 25.1 Å². The third-order valence-corrected chi connectivity index (χ3v) is 3.36. The Bertz CT molecular complexity index is 570. The van der Waals surface area contributed by atoms with Crippen LogP contribution in [0.4, 0.5) is 11.5 Å². The number of nitrogens with zero attached hydrogens (tertiary/aromatic N) is 2. The molecule has 0 aliphatic heterocycles. The minimum Gasteiger partial charge on any atom is -0.339 e. The zero-order valence-corrected chi connectivity index (χ0v) is 10.8. The van der Waals surface area contributed by atoms with Crippen LogP contribution in [0.2, 0.25) is 0 Å². The Morgan fingerprint density at radius 3 is 2.59 bits per heavy atom. The van der Waals surface area contributed by atoms with Crippen LogP contribution in [0, 0.1) is 18.3 Å². The SMILES string of the molecule is Cc1ccnc(Nc2ccc(C#N)cc2)c1Br. The molecule has 0 fully saturated rings. The molecule has 2 aromatic rings. The van der Waals surface area contributed by atoms with Gasteiger partial charge in [-0.3, -0.25) is 0 Å². The normalized spacial score (nSPS) is 9.71. The van der Waals surface area contributed by atoms with Crippen molar-refractivity contribution in [3.8, 4) is 6.07 Å². The average molecular weight is 288 g/mol. The maximum atomic E-state index is 8.71. The summed E-state index contributed by atoms with van der Waals surface area (Å²) >= 11 is 3.49. The Kier molecular flexibility index (Phi) is 3.40. The van der Waals surface area contributed by atoms with Crippen LogP contribution >= 0.6 is 15.9 Å². The van der Waals surface area contributed by atoms with Crippen molar-refractivity contribution in [2.45, 2.75) is 6.92 Å². The van der Waals surface area contributed by atoms with E-state index in [-0.39, 0.29) is 0 Å². The van der Waals surface area contributed by atoms with Crippen molar-refractivity contribution in [2.75, 3.05) is 5.32 Å². The number of aryl methyl sites for hydroxylation is 1. The van der Waals surface area contributed by atoms with Crippen molar-refractivity contribution in [3.63, 3.8) is 0 Å². The molecule has 1 aromatic heterocycles. The van der Waals surface area contributed by atoms with E-state index in [9.17, 15) is 0 Å². The molecular formula is C13H10BrN3. The highest BCUT2D eigenvalue weighted by Crippen LogP contribution is 2.26. The maximum absolute atomic E-state index is 8.71. The first kappa shape index (κ1) is 11.6. The molecule has 0 aliphatic rings. The predicted molar refractivity (Wildman–Crippen MR) is 71.1 cm³/mol. The number of nitrogens with one attached hydrogen (secondary N) is 1. The fourth-order valence-electron chi connectivity index (χ4n) is 1.39. The van der Waals surface area contributed by atoms with Gasteiger partial charge in [0.15, 0.2) is 0 Å². The highest BCUT2D eigenvalue weighted by molar-refractivity contribution is 9.10. The van der Waals surface area contributed by atoms with Gasteiger partial charge < -0.3 is 5.32 Å². The molecule has 3 nitrogen and oxygen atoms in total. The summed E-state index contributed by atoms with van der Waals surface area (Å²) in [6, 6.07) is 11.3. The number of hydrogen-bond donors (Lipinski definition) is 1. The number of benzene rings is 1. The third kappa shape index (κ3) is 2.63. The molecule has 0 amide bonds. The van der Waals surface area contributed by atoms with Gasteiger partial charge in [-0.05, 0) is 58.7 Å². The summed E-state index contributed by atoms with van der Waals surface area (Å²) < 4.78 is 0.948. The van der Waals surface area contributed by atoms with E-state index in [0.29, 0.717) is 5.56 Å². The zero-order chi connectivity index (χ0) is 12.3. The van der Waals surface area contributed by atoms with Crippen molar-refractivity contribution in [3.05, 3.63) is 52.1 Å². The van der Waals surface area contributed by atoms with E-state index < -0.39 is 0 Å². The summed E-state index contributed by atoms with van der Waals surface area (Å²) in [4.78, 5) is 4.25. The van der Waals surface area contributed by atoms with Gasteiger partial charge in [0.1, 0.15) is 5.82 Å². The lowest BCUT2D eigenvalue weighted by Gasteiger charge is -2.08. The molecule has 0 unspecified atom stereocenters. The van der Waals surface area contributed by atoms with Crippen molar-refractivity contribution < 1.29 is 0 Å². The number of nitriles is 1. The summed E-state index contributed by atoms with van der Waals surface area (Å²) in [6.45, 7) is 2.01. The van der Waals surface area contributed by atoms with Crippen molar-refractivity contribution >= 4 is 27.4 Å². The molecule has 84 valence electrons. The number of hydrogen-bond acceptors (Lipinski definition) is 3. The van der Waals surface area contributed by atoms with Gasteiger partial charge in [-0.2, -0.15) is 5.26 Å². The first-order valence-electron chi connectivity index (χ1n) is 5.09. The van der Waals surface area contributed by atoms with Gasteiger partial charge in [0.2, 0.25) is 0 Å². The Balaban J connectivity index is 2.26. The lowest BCUT2D eigenvalue weighted by Crippen LogP contribution is -1.95. The topological polar surface area (TPSA) is 48.7 Å². The number of anilines is 2. The van der Waals surface area contributed by atoms with Gasteiger partial charge in [0, 0.05) is 11.9 Å². The summed E-state index contributed by atoms with van der Waals surface area (Å²) in [7, 11) is 0. The first-order valence-corrected chi connectivity index (χ1v) is 5.88. The molecular weight excluding hydrogens is 278 g/mol. The predicted octanol–water partition coefficient (Wildman–Crippen LogP) is 3.77. The second-order valence-electron chi connectivity index (χ2n) is 3.60. The van der Waals surface area contributed by atoms with Gasteiger partial charge in [0.25, 0.3) is 0 Å². The monoisotopic (exact) mass is 287 g/mol. The van der Waals surface area contributed by atoms with Crippen LogP contribution in [0.1, 0.15) is 11.1 Å². The highest BCUT2D eigenvalue weighted by Gasteiger charge is 2.03. The van der Waals surface area contributed by atoms with Gasteiger partial charge in [-0.1, -0.05) is 0 Å². The fraction of sp³-hybridized carbons (Fsp3) is 0.0769. The molecule has 0 saturated carbocycles. The van der Waals surface area contributed by atoms with Gasteiger partial charge in [0.05, 0.1) is 16.1 Å². The van der Waals surface area contributed by atoms with Crippen LogP contribution in [-0.2, 0) is 0 Å². The molecule has 0 atom stereocenters. The Morgan fingerprint density at radius 1 is 1.24 bits per heavy atom. The molecule has 0 saturated heterocycles. The van der Waals surface area contributed by atoms with E-state index in [1.165, 1.54) is 0 Å². The fourth-order valence-corrected chi connectivity index (χ4v) is 1.73. The van der Waals surface area contributed by atoms with E-state index in [0.717, 1.165) is 21.5 Å². The molecule has 0 aliphatic carbocycles. The second-order valence-corrected chi connectivity index (χ2v) is 4.40. The van der Waals surface area contributed by atoms with E-state index in [1.54, 1.807) is 18.3 Å². The van der Waals surface area contributed by atoms with E-state index in [2.05, 4.69) is 32.3 Å². The largest absolute Gasteiger partial charge is 0.339 e. The highest BCUT2D eigenvalue weighted by atomic mass is 79.9. The summed E-state index contributed by atoms with van der Waals surface area (Å²) in [5.74, 6) is 0.773. The van der Waals surface area contributed by atoms with E-state index in [4.69, 9.17) is 5.26 Å². The summed E-state index contributed by atoms with van der Waals surface area (Å²) in [5.41, 5.74) is 2.67. The van der Waals surface area contributed by atoms with Crippen LogP contribution in [0.15, 0.2) is 41.0 Å². The van der Waals surface area contributed by atoms with Crippen molar-refractivity contribution in [2.24, 2.45) is 0 Å². The Labute approximate surface area is 108 Å². The average Bonchev–Trinajstić information content (AvgIpc) is 2.36. The third-order valence-electron chi connectivity index (χ3n) is 2.36. The molecule has 17 heavy (non-hydrogen) atoms. The molecule has 0 spiro atoms. The summed E-state index contributed by atoms with van der Waals surface area (Å²) in [6.07, 6.45) is 1.76. The van der Waals surface area contributed by atoms with Gasteiger partial charge in [-0.15, -0.1) is 0 Å². The molecule has 1 heterocycles.